The number of benzene rings is 1. The zero-order valence-electron chi connectivity index (χ0n) is 21.5. The summed E-state index contributed by atoms with van der Waals surface area (Å²) < 4.78 is 6.56. The van der Waals surface area contributed by atoms with Crippen molar-refractivity contribution in [3.63, 3.8) is 0 Å². The third-order valence-electron chi connectivity index (χ3n) is 7.21. The molecular formula is C25H31N7O4S. The fourth-order valence-corrected chi connectivity index (χ4v) is 5.74. The number of fused-ring (bicyclic) bond motifs is 1. The van der Waals surface area contributed by atoms with E-state index in [0.29, 0.717) is 62.6 Å². The fourth-order valence-electron chi connectivity index (χ4n) is 4.72. The lowest BCUT2D eigenvalue weighted by atomic mass is 9.80. The molecule has 2 fully saturated rings. The number of anilines is 2. The predicted molar refractivity (Wildman–Crippen MR) is 142 cm³/mol. The Morgan fingerprint density at radius 2 is 1.86 bits per heavy atom. The third kappa shape index (κ3) is 4.66. The van der Waals surface area contributed by atoms with E-state index in [2.05, 4.69) is 14.9 Å². The molecule has 3 aromatic rings. The Kier molecular flexibility index (Phi) is 6.63. The van der Waals surface area contributed by atoms with Gasteiger partial charge in [-0.3, -0.25) is 14.6 Å². The number of methoxy groups -OCH3 is 1. The van der Waals surface area contributed by atoms with Crippen LogP contribution in [0.15, 0.2) is 24.5 Å². The van der Waals surface area contributed by atoms with Crippen LogP contribution < -0.4 is 14.5 Å². The number of carbonyl (C=O) groups excluding carboxylic acids is 1. The van der Waals surface area contributed by atoms with Gasteiger partial charge in [-0.25, -0.2) is 19.7 Å². The van der Waals surface area contributed by atoms with Gasteiger partial charge in [-0.05, 0) is 51.4 Å². The number of rotatable bonds is 6. The Balaban J connectivity index is 1.40. The molecule has 0 radical (unpaired) electrons. The Hall–Kier alpha value is -3.51. The van der Waals surface area contributed by atoms with E-state index >= 15 is 0 Å². The van der Waals surface area contributed by atoms with Crippen LogP contribution in [0.4, 0.5) is 15.9 Å². The molecule has 37 heavy (non-hydrogen) atoms. The number of carboxylic acid groups (broad SMARTS) is 1. The van der Waals surface area contributed by atoms with Crippen molar-refractivity contribution in [2.75, 3.05) is 56.9 Å². The summed E-state index contributed by atoms with van der Waals surface area (Å²) >= 11 is 1.44. The standard InChI is InChI=1S/C25H31N7O4S/c1-5-30-14-29(3)15-32(24(30)35)23-28-18-10-16(11-19(36-4)20(18)37-23)17-12-26-22(27-13-17)31-8-6-25(2,7-9-31)21(33)34/h10-13H,5-9,14-15H2,1-4H3,(H,33,34). The van der Waals surface area contributed by atoms with Crippen molar-refractivity contribution >= 4 is 44.6 Å². The first kappa shape index (κ1) is 25.2. The maximum Gasteiger partial charge on any atom is 0.328 e. The van der Waals surface area contributed by atoms with Crippen LogP contribution in [-0.2, 0) is 4.79 Å². The summed E-state index contributed by atoms with van der Waals surface area (Å²) in [5.41, 5.74) is 1.73. The van der Waals surface area contributed by atoms with Gasteiger partial charge in [0.15, 0.2) is 5.13 Å². The zero-order chi connectivity index (χ0) is 26.3. The van der Waals surface area contributed by atoms with E-state index < -0.39 is 11.4 Å². The summed E-state index contributed by atoms with van der Waals surface area (Å²) in [5, 5.41) is 10.1. The van der Waals surface area contributed by atoms with E-state index in [4.69, 9.17) is 9.72 Å². The molecular weight excluding hydrogens is 494 g/mol. The van der Waals surface area contributed by atoms with Gasteiger partial charge < -0.3 is 19.6 Å². The number of ether oxygens (including phenoxy) is 1. The quantitative estimate of drug-likeness (QED) is 0.516. The van der Waals surface area contributed by atoms with E-state index in [1.807, 2.05) is 31.0 Å². The molecule has 0 unspecified atom stereocenters. The summed E-state index contributed by atoms with van der Waals surface area (Å²) in [6.07, 6.45) is 4.64. The van der Waals surface area contributed by atoms with E-state index in [1.54, 1.807) is 36.2 Å². The highest BCUT2D eigenvalue weighted by Gasteiger charge is 2.37. The second kappa shape index (κ2) is 9.75. The summed E-state index contributed by atoms with van der Waals surface area (Å²) in [4.78, 5) is 46.0. The van der Waals surface area contributed by atoms with Crippen molar-refractivity contribution in [2.45, 2.75) is 26.7 Å². The highest BCUT2D eigenvalue weighted by Crippen LogP contribution is 2.39. The topological polar surface area (TPSA) is 115 Å². The molecule has 2 aliphatic rings. The normalized spacial score (nSPS) is 18.5. The van der Waals surface area contributed by atoms with Gasteiger partial charge in [0.2, 0.25) is 5.95 Å². The molecule has 0 aliphatic carbocycles. The van der Waals surface area contributed by atoms with Crippen molar-refractivity contribution in [3.8, 4) is 16.9 Å². The average Bonchev–Trinajstić information content (AvgIpc) is 3.34. The van der Waals surface area contributed by atoms with Crippen LogP contribution in [-0.4, -0.2) is 89.0 Å². The first-order valence-corrected chi connectivity index (χ1v) is 13.1. The molecule has 2 amide bonds. The van der Waals surface area contributed by atoms with E-state index in [9.17, 15) is 14.7 Å². The van der Waals surface area contributed by atoms with Gasteiger partial charge in [-0.15, -0.1) is 0 Å². The van der Waals surface area contributed by atoms with Gasteiger partial charge >= 0.3 is 12.0 Å². The molecule has 5 rings (SSSR count). The van der Waals surface area contributed by atoms with Crippen LogP contribution in [0, 0.1) is 5.41 Å². The summed E-state index contributed by atoms with van der Waals surface area (Å²) in [6, 6.07) is 3.85. The number of nitrogens with zero attached hydrogens (tertiary/aromatic N) is 7. The Morgan fingerprint density at radius 1 is 1.16 bits per heavy atom. The third-order valence-corrected chi connectivity index (χ3v) is 8.32. The number of thiazole rings is 1. The molecule has 0 bridgehead atoms. The van der Waals surface area contributed by atoms with Crippen LogP contribution in [0.3, 0.4) is 0 Å². The van der Waals surface area contributed by atoms with Crippen LogP contribution in [0.5, 0.6) is 5.75 Å². The SMILES string of the molecule is CCN1CN(C)CN(c2nc3cc(-c4cnc(N5CCC(C)(C(=O)O)CC5)nc4)cc(OC)c3s2)C1=O. The molecule has 12 heteroatoms. The van der Waals surface area contributed by atoms with Crippen LogP contribution in [0.2, 0.25) is 0 Å². The summed E-state index contributed by atoms with van der Waals surface area (Å²) in [6.45, 7) is 6.66. The first-order valence-electron chi connectivity index (χ1n) is 12.3. The Bertz CT molecular complexity index is 1320. The van der Waals surface area contributed by atoms with Crippen LogP contribution >= 0.6 is 11.3 Å². The van der Waals surface area contributed by atoms with E-state index in [0.717, 1.165) is 21.3 Å². The van der Waals surface area contributed by atoms with Crippen molar-refractivity contribution in [3.05, 3.63) is 24.5 Å². The number of hydrogen-bond acceptors (Lipinski definition) is 9. The summed E-state index contributed by atoms with van der Waals surface area (Å²) in [5.74, 6) is 0.514. The van der Waals surface area contributed by atoms with Gasteiger partial charge in [0.25, 0.3) is 0 Å². The molecule has 4 heterocycles. The number of piperidine rings is 1. The highest BCUT2D eigenvalue weighted by atomic mass is 32.1. The van der Waals surface area contributed by atoms with Gasteiger partial charge in [0.05, 0.1) is 36.1 Å². The molecule has 2 aliphatic heterocycles. The predicted octanol–water partition coefficient (Wildman–Crippen LogP) is 3.56. The average molecular weight is 526 g/mol. The van der Waals surface area contributed by atoms with Gasteiger partial charge in [-0.2, -0.15) is 0 Å². The van der Waals surface area contributed by atoms with Crippen molar-refractivity contribution < 1.29 is 19.4 Å². The summed E-state index contributed by atoms with van der Waals surface area (Å²) in [7, 11) is 3.60. The van der Waals surface area contributed by atoms with Gasteiger partial charge in [-0.1, -0.05) is 11.3 Å². The minimum absolute atomic E-state index is 0.0517. The molecule has 0 atom stereocenters. The molecule has 0 spiro atoms. The number of urea groups is 1. The lowest BCUT2D eigenvalue weighted by Crippen LogP contribution is -2.56. The molecule has 2 aromatic heterocycles. The van der Waals surface area contributed by atoms with Crippen molar-refractivity contribution in [1.82, 2.24) is 24.8 Å². The first-order chi connectivity index (χ1) is 17.7. The lowest BCUT2D eigenvalue weighted by molar-refractivity contribution is -0.149. The van der Waals surface area contributed by atoms with Gasteiger partial charge in [0, 0.05) is 37.6 Å². The Morgan fingerprint density at radius 3 is 2.49 bits per heavy atom. The Labute approximate surface area is 219 Å². The molecule has 196 valence electrons. The van der Waals surface area contributed by atoms with Crippen molar-refractivity contribution in [1.29, 1.82) is 0 Å². The number of aliphatic carboxylic acids is 1. The number of hydrogen-bond donors (Lipinski definition) is 1. The smallest absolute Gasteiger partial charge is 0.328 e. The lowest BCUT2D eigenvalue weighted by Gasteiger charge is -2.38. The maximum absolute atomic E-state index is 13.0. The van der Waals surface area contributed by atoms with Crippen molar-refractivity contribution in [2.24, 2.45) is 5.41 Å². The second-order valence-corrected chi connectivity index (χ2v) is 10.8. The number of aromatic nitrogens is 3. The highest BCUT2D eigenvalue weighted by molar-refractivity contribution is 7.22. The number of carbonyl (C=O) groups is 2. The maximum atomic E-state index is 13.0. The fraction of sp³-hybridized carbons (Fsp3) is 0.480. The van der Waals surface area contributed by atoms with E-state index in [1.165, 1.54) is 11.3 Å². The molecule has 2 saturated heterocycles. The molecule has 1 aromatic carbocycles. The molecule has 0 saturated carbocycles. The van der Waals surface area contributed by atoms with Gasteiger partial charge in [0.1, 0.15) is 5.75 Å². The molecule has 1 N–H and O–H groups in total. The molecule has 11 nitrogen and oxygen atoms in total. The zero-order valence-corrected chi connectivity index (χ0v) is 22.3. The minimum Gasteiger partial charge on any atom is -0.495 e. The number of amides is 2. The van der Waals surface area contributed by atoms with Crippen LogP contribution in [0.25, 0.3) is 21.3 Å². The second-order valence-electron chi connectivity index (χ2n) is 9.85. The largest absolute Gasteiger partial charge is 0.495 e. The monoisotopic (exact) mass is 525 g/mol. The number of carboxylic acids is 1. The van der Waals surface area contributed by atoms with Crippen LogP contribution in [0.1, 0.15) is 26.7 Å². The minimum atomic E-state index is -0.752. The van der Waals surface area contributed by atoms with E-state index in [-0.39, 0.29) is 6.03 Å².